The average Bonchev–Trinajstić information content (AvgIpc) is 2.64. The predicted octanol–water partition coefficient (Wildman–Crippen LogP) is 5.17. The summed E-state index contributed by atoms with van der Waals surface area (Å²) in [6.45, 7) is 11.7. The molecule has 0 heterocycles. The van der Waals surface area contributed by atoms with Crippen molar-refractivity contribution < 1.29 is 14.3 Å². The van der Waals surface area contributed by atoms with Gasteiger partial charge in [-0.25, -0.2) is 0 Å². The lowest BCUT2D eigenvalue weighted by atomic mass is 9.98. The van der Waals surface area contributed by atoms with Gasteiger partial charge in [-0.15, -0.1) is 0 Å². The van der Waals surface area contributed by atoms with Gasteiger partial charge in [-0.2, -0.15) is 5.26 Å². The van der Waals surface area contributed by atoms with E-state index in [1.807, 2.05) is 24.3 Å². The first-order valence-electron chi connectivity index (χ1n) is 9.08. The Morgan fingerprint density at radius 3 is 2.19 bits per heavy atom. The van der Waals surface area contributed by atoms with Crippen molar-refractivity contribution in [1.82, 2.24) is 0 Å². The molecule has 0 aliphatic heterocycles. The van der Waals surface area contributed by atoms with Gasteiger partial charge in [0, 0.05) is 0 Å². The highest BCUT2D eigenvalue weighted by Gasteiger charge is 2.37. The van der Waals surface area contributed by atoms with E-state index in [1.54, 1.807) is 18.2 Å². The molecular formula is C22H29NO3Si. The van der Waals surface area contributed by atoms with Gasteiger partial charge in [0.2, 0.25) is 0 Å². The third-order valence-electron chi connectivity index (χ3n) is 5.36. The van der Waals surface area contributed by atoms with E-state index in [-0.39, 0.29) is 5.04 Å². The van der Waals surface area contributed by atoms with Crippen molar-refractivity contribution in [3.05, 3.63) is 64.7 Å². The fourth-order valence-electron chi connectivity index (χ4n) is 2.45. The van der Waals surface area contributed by atoms with Crippen LogP contribution in [-0.2, 0) is 11.0 Å². The monoisotopic (exact) mass is 383 g/mol. The van der Waals surface area contributed by atoms with E-state index < -0.39 is 14.4 Å². The number of hydrogen-bond acceptors (Lipinski definition) is 4. The minimum absolute atomic E-state index is 0.177. The van der Waals surface area contributed by atoms with E-state index in [1.165, 1.54) is 7.11 Å². The van der Waals surface area contributed by atoms with Crippen molar-refractivity contribution in [2.24, 2.45) is 0 Å². The highest BCUT2D eigenvalue weighted by Crippen LogP contribution is 2.37. The van der Waals surface area contributed by atoms with E-state index in [2.05, 4.69) is 39.9 Å². The first kappa shape index (κ1) is 21.2. The molecular weight excluding hydrogens is 354 g/mol. The molecule has 144 valence electrons. The van der Waals surface area contributed by atoms with Crippen LogP contribution in [-0.4, -0.2) is 20.5 Å². The summed E-state index contributed by atoms with van der Waals surface area (Å²) in [5.41, 5.74) is 2.94. The smallest absolute Gasteiger partial charge is 0.192 e. The van der Waals surface area contributed by atoms with Crippen LogP contribution in [0.15, 0.2) is 42.5 Å². The van der Waals surface area contributed by atoms with Crippen LogP contribution in [0.25, 0.3) is 0 Å². The Kier molecular flexibility index (Phi) is 6.48. The second-order valence-electron chi connectivity index (χ2n) is 8.26. The fraction of sp³-hybridized carbons (Fsp3) is 0.409. The lowest BCUT2D eigenvalue weighted by Crippen LogP contribution is -2.40. The van der Waals surface area contributed by atoms with Gasteiger partial charge in [0.1, 0.15) is 17.9 Å². The van der Waals surface area contributed by atoms with E-state index in [4.69, 9.17) is 9.16 Å². The van der Waals surface area contributed by atoms with Gasteiger partial charge < -0.3 is 14.3 Å². The zero-order chi connectivity index (χ0) is 20.2. The molecule has 0 saturated heterocycles. The highest BCUT2D eigenvalue weighted by atomic mass is 28.4. The van der Waals surface area contributed by atoms with Crippen LogP contribution in [0.2, 0.25) is 18.1 Å². The quantitative estimate of drug-likeness (QED) is 0.699. The Morgan fingerprint density at radius 2 is 1.67 bits per heavy atom. The molecule has 4 nitrogen and oxygen atoms in total. The number of rotatable bonds is 6. The van der Waals surface area contributed by atoms with Crippen LogP contribution in [0.1, 0.15) is 49.1 Å². The second-order valence-corrected chi connectivity index (χ2v) is 13.1. The van der Waals surface area contributed by atoms with Crippen LogP contribution in [0.4, 0.5) is 0 Å². The van der Waals surface area contributed by atoms with Crippen molar-refractivity contribution in [3.63, 3.8) is 0 Å². The molecule has 0 saturated carbocycles. The van der Waals surface area contributed by atoms with Gasteiger partial charge in [-0.05, 0) is 47.0 Å². The molecule has 2 rings (SSSR count). The number of aliphatic hydroxyl groups is 1. The van der Waals surface area contributed by atoms with Crippen molar-refractivity contribution in [3.8, 4) is 11.8 Å². The maximum Gasteiger partial charge on any atom is 0.192 e. The number of methoxy groups -OCH3 is 1. The van der Waals surface area contributed by atoms with Crippen molar-refractivity contribution >= 4 is 8.32 Å². The molecule has 0 aromatic heterocycles. The summed E-state index contributed by atoms with van der Waals surface area (Å²) in [4.78, 5) is 0. The topological polar surface area (TPSA) is 62.5 Å². The van der Waals surface area contributed by atoms with Crippen LogP contribution in [0.5, 0.6) is 5.75 Å². The zero-order valence-corrected chi connectivity index (χ0v) is 18.0. The van der Waals surface area contributed by atoms with Crippen molar-refractivity contribution in [1.29, 1.82) is 5.26 Å². The maximum atomic E-state index is 10.7. The molecule has 5 heteroatoms. The first-order valence-corrected chi connectivity index (χ1v) is 12.0. The molecule has 2 aromatic carbocycles. The van der Waals surface area contributed by atoms with Crippen LogP contribution < -0.4 is 4.74 Å². The molecule has 0 spiro atoms. The Hall–Kier alpha value is -2.13. The molecule has 0 aliphatic carbocycles. The minimum atomic E-state index is -1.79. The Morgan fingerprint density at radius 1 is 1.07 bits per heavy atom. The Balaban J connectivity index is 2.12. The van der Waals surface area contributed by atoms with Gasteiger partial charge in [-0.1, -0.05) is 51.1 Å². The van der Waals surface area contributed by atoms with E-state index >= 15 is 0 Å². The molecule has 0 fully saturated rings. The third-order valence-corrected chi connectivity index (χ3v) is 9.84. The molecule has 2 aromatic rings. The average molecular weight is 384 g/mol. The third kappa shape index (κ3) is 4.98. The summed E-state index contributed by atoms with van der Waals surface area (Å²) in [7, 11) is -0.263. The van der Waals surface area contributed by atoms with Crippen molar-refractivity contribution in [2.75, 3.05) is 7.11 Å². The largest absolute Gasteiger partial charge is 0.495 e. The SMILES string of the molecule is COc1ccc(C(O)c2ccc(CO[Si](C)(C)C(C)(C)C)cc2)cc1C#N. The molecule has 1 atom stereocenters. The number of benzene rings is 2. The number of hydrogen-bond donors (Lipinski definition) is 1. The van der Waals surface area contributed by atoms with Crippen LogP contribution in [0.3, 0.4) is 0 Å². The number of nitrogens with zero attached hydrogens (tertiary/aromatic N) is 1. The van der Waals surface area contributed by atoms with Gasteiger partial charge in [0.05, 0.1) is 19.3 Å². The maximum absolute atomic E-state index is 10.7. The summed E-state index contributed by atoms with van der Waals surface area (Å²) < 4.78 is 11.4. The summed E-state index contributed by atoms with van der Waals surface area (Å²) in [5, 5.41) is 20.1. The van der Waals surface area contributed by atoms with Crippen molar-refractivity contribution in [2.45, 2.75) is 51.6 Å². The minimum Gasteiger partial charge on any atom is -0.495 e. The normalized spacial score (nSPS) is 13.1. The molecule has 1 unspecified atom stereocenters. The number of nitriles is 1. The van der Waals surface area contributed by atoms with E-state index in [0.717, 1.165) is 11.1 Å². The van der Waals surface area contributed by atoms with Gasteiger partial charge in [-0.3, -0.25) is 0 Å². The summed E-state index contributed by atoms with van der Waals surface area (Å²) in [5.74, 6) is 0.506. The van der Waals surface area contributed by atoms with Gasteiger partial charge in [0.15, 0.2) is 8.32 Å². The lowest BCUT2D eigenvalue weighted by molar-refractivity contribution is 0.220. The van der Waals surface area contributed by atoms with E-state index in [9.17, 15) is 10.4 Å². The molecule has 0 bridgehead atoms. The highest BCUT2D eigenvalue weighted by molar-refractivity contribution is 6.74. The fourth-order valence-corrected chi connectivity index (χ4v) is 3.41. The van der Waals surface area contributed by atoms with Gasteiger partial charge >= 0.3 is 0 Å². The number of ether oxygens (including phenoxy) is 1. The lowest BCUT2D eigenvalue weighted by Gasteiger charge is -2.36. The molecule has 27 heavy (non-hydrogen) atoms. The standard InChI is InChI=1S/C22H29NO3Si/c1-22(2,3)27(5,6)26-15-16-7-9-17(10-8-16)21(24)18-11-12-20(25-4)19(13-18)14-23/h7-13,21,24H,15H2,1-6H3. The first-order chi connectivity index (χ1) is 12.6. The Labute approximate surface area is 163 Å². The number of aliphatic hydroxyl groups excluding tert-OH is 1. The second kappa shape index (κ2) is 8.26. The molecule has 0 radical (unpaired) electrons. The predicted molar refractivity (Wildman–Crippen MR) is 110 cm³/mol. The molecule has 1 N–H and O–H groups in total. The van der Waals surface area contributed by atoms with Gasteiger partial charge in [0.25, 0.3) is 0 Å². The summed E-state index contributed by atoms with van der Waals surface area (Å²) in [6.07, 6.45) is -0.793. The molecule has 0 aliphatic rings. The Bertz CT molecular complexity index is 817. The van der Waals surface area contributed by atoms with E-state index in [0.29, 0.717) is 23.5 Å². The summed E-state index contributed by atoms with van der Waals surface area (Å²) in [6, 6.07) is 15.0. The molecule has 0 amide bonds. The van der Waals surface area contributed by atoms with Crippen LogP contribution >= 0.6 is 0 Å². The summed E-state index contributed by atoms with van der Waals surface area (Å²) >= 11 is 0. The van der Waals surface area contributed by atoms with Crippen LogP contribution in [0, 0.1) is 11.3 Å². The zero-order valence-electron chi connectivity index (χ0n) is 17.0.